The van der Waals surface area contributed by atoms with Crippen LogP contribution in [0.3, 0.4) is 0 Å². The van der Waals surface area contributed by atoms with Crippen molar-refractivity contribution in [3.8, 4) is 0 Å². The molecule has 1 aromatic carbocycles. The lowest BCUT2D eigenvalue weighted by Crippen LogP contribution is -2.26. The van der Waals surface area contributed by atoms with E-state index in [-0.39, 0.29) is 0 Å². The van der Waals surface area contributed by atoms with Gasteiger partial charge in [0, 0.05) is 48.4 Å². The highest BCUT2D eigenvalue weighted by Gasteiger charge is 2.22. The largest absolute Gasteiger partial charge is 0.609 e. The van der Waals surface area contributed by atoms with E-state index in [2.05, 4.69) is 40.1 Å². The second-order valence-electron chi connectivity index (χ2n) is 4.83. The summed E-state index contributed by atoms with van der Waals surface area (Å²) in [5.74, 6) is 0.515. The zero-order valence-electron chi connectivity index (χ0n) is 10.9. The average Bonchev–Trinajstić information content (AvgIpc) is 2.93. The van der Waals surface area contributed by atoms with E-state index < -0.39 is 11.2 Å². The van der Waals surface area contributed by atoms with Gasteiger partial charge in [-0.1, -0.05) is 18.2 Å². The highest BCUT2D eigenvalue weighted by atomic mass is 32.2. The molecule has 0 saturated carbocycles. The molecule has 0 spiro atoms. The second kappa shape index (κ2) is 5.27. The van der Waals surface area contributed by atoms with Crippen molar-refractivity contribution in [2.75, 3.05) is 18.5 Å². The van der Waals surface area contributed by atoms with Crippen LogP contribution >= 0.6 is 0 Å². The van der Waals surface area contributed by atoms with Crippen molar-refractivity contribution >= 4 is 16.9 Å². The molecule has 1 aliphatic heterocycles. The first kappa shape index (κ1) is 12.6. The van der Waals surface area contributed by atoms with E-state index in [1.807, 2.05) is 0 Å². The number of aromatic nitrogens is 2. The molecule has 5 heteroatoms. The van der Waals surface area contributed by atoms with Gasteiger partial charge in [0.05, 0.1) is 0 Å². The van der Waals surface area contributed by atoms with Gasteiger partial charge in [-0.05, 0) is 18.4 Å². The first-order chi connectivity index (χ1) is 9.25. The molecule has 1 N–H and O–H groups in total. The zero-order valence-corrected chi connectivity index (χ0v) is 11.7. The van der Waals surface area contributed by atoms with Crippen molar-refractivity contribution in [3.63, 3.8) is 0 Å². The normalized spacial score (nSPS) is 16.2. The lowest BCUT2D eigenvalue weighted by Gasteiger charge is -2.29. The number of hydrogen-bond donors (Lipinski definition) is 1. The van der Waals surface area contributed by atoms with E-state index in [1.165, 1.54) is 17.7 Å². The molecule has 1 aliphatic rings. The van der Waals surface area contributed by atoms with Crippen LogP contribution in [-0.2, 0) is 23.3 Å². The molecule has 1 unspecified atom stereocenters. The molecule has 3 rings (SSSR count). The maximum Gasteiger partial charge on any atom is 0.320 e. The van der Waals surface area contributed by atoms with E-state index in [0.29, 0.717) is 10.9 Å². The maximum absolute atomic E-state index is 12.3. The van der Waals surface area contributed by atoms with Gasteiger partial charge in [-0.25, -0.2) is 0 Å². The lowest BCUT2D eigenvalue weighted by molar-refractivity contribution is 0.587. The molecule has 2 aromatic rings. The molecule has 19 heavy (non-hydrogen) atoms. The summed E-state index contributed by atoms with van der Waals surface area (Å²) < 4.78 is 12.3. The fourth-order valence-electron chi connectivity index (χ4n) is 2.66. The number of rotatable bonds is 3. The third-order valence-corrected chi connectivity index (χ3v) is 4.73. The third-order valence-electron chi connectivity index (χ3n) is 3.50. The molecule has 0 fully saturated rings. The van der Waals surface area contributed by atoms with Gasteiger partial charge in [0.15, 0.2) is 0 Å². The number of hydrogen-bond acceptors (Lipinski definition) is 3. The molecule has 0 aliphatic carbocycles. The van der Waals surface area contributed by atoms with Gasteiger partial charge >= 0.3 is 5.16 Å². The third kappa shape index (κ3) is 2.48. The van der Waals surface area contributed by atoms with E-state index >= 15 is 0 Å². The number of nitrogens with zero attached hydrogens (tertiary/aromatic N) is 2. The van der Waals surface area contributed by atoms with Crippen molar-refractivity contribution in [2.24, 2.45) is 0 Å². The van der Waals surface area contributed by atoms with Crippen LogP contribution in [0.25, 0.3) is 0 Å². The summed E-state index contributed by atoms with van der Waals surface area (Å²) in [6.45, 7) is 1.07. The number of nitrogens with one attached hydrogen (secondary N) is 1. The molecular formula is C14H17N3OS. The van der Waals surface area contributed by atoms with Gasteiger partial charge in [-0.3, -0.25) is 0 Å². The summed E-state index contributed by atoms with van der Waals surface area (Å²) in [4.78, 5) is 9.27. The monoisotopic (exact) mass is 275 g/mol. The Morgan fingerprint density at radius 3 is 3.16 bits per heavy atom. The topological polar surface area (TPSA) is 55.0 Å². The van der Waals surface area contributed by atoms with Crippen LogP contribution in [0.5, 0.6) is 0 Å². The molecule has 0 saturated heterocycles. The standard InChI is InChI=1S/C14H17N3OS/c1-17-9-3-6-11-4-2-5-12(13(11)17)10-19(18)14-15-7-8-16-14/h2,4-5,7-8H,3,6,9-10H2,1H3,(H,15,16). The molecule has 0 amide bonds. The number of para-hydroxylation sites is 1. The molecule has 0 bridgehead atoms. The first-order valence-electron chi connectivity index (χ1n) is 6.45. The van der Waals surface area contributed by atoms with E-state index in [1.54, 1.807) is 12.4 Å². The van der Waals surface area contributed by atoms with E-state index in [4.69, 9.17) is 0 Å². The quantitative estimate of drug-likeness (QED) is 0.873. The van der Waals surface area contributed by atoms with E-state index in [0.717, 1.165) is 18.5 Å². The summed E-state index contributed by atoms with van der Waals surface area (Å²) >= 11 is -1.11. The van der Waals surface area contributed by atoms with Crippen LogP contribution in [-0.4, -0.2) is 28.1 Å². The minimum absolute atomic E-state index is 0.515. The van der Waals surface area contributed by atoms with Crippen LogP contribution in [0.15, 0.2) is 35.7 Å². The Labute approximate surface area is 116 Å². The van der Waals surface area contributed by atoms with Gasteiger partial charge in [0.1, 0.15) is 5.75 Å². The van der Waals surface area contributed by atoms with Crippen LogP contribution < -0.4 is 4.90 Å². The minimum Gasteiger partial charge on any atom is -0.609 e. The summed E-state index contributed by atoms with van der Waals surface area (Å²) in [5, 5.41) is 0.552. The summed E-state index contributed by atoms with van der Waals surface area (Å²) in [5.41, 5.74) is 3.77. The number of aryl methyl sites for hydroxylation is 1. The SMILES string of the molecule is CN1CCCc2cccc(C[S+]([O-])c3ncc[nH]3)c21. The van der Waals surface area contributed by atoms with E-state index in [9.17, 15) is 4.55 Å². The summed E-state index contributed by atoms with van der Waals surface area (Å²) in [6, 6.07) is 6.30. The van der Waals surface area contributed by atoms with Gasteiger partial charge in [-0.2, -0.15) is 4.98 Å². The highest BCUT2D eigenvalue weighted by Crippen LogP contribution is 2.31. The number of aromatic amines is 1. The lowest BCUT2D eigenvalue weighted by atomic mass is 9.99. The molecule has 1 aromatic heterocycles. The zero-order chi connectivity index (χ0) is 13.2. The smallest absolute Gasteiger partial charge is 0.320 e. The number of imidazole rings is 1. The maximum atomic E-state index is 12.3. The number of H-pyrrole nitrogens is 1. The van der Waals surface area contributed by atoms with Crippen molar-refractivity contribution in [1.29, 1.82) is 0 Å². The number of benzene rings is 1. The summed E-state index contributed by atoms with van der Waals surface area (Å²) in [7, 11) is 2.11. The van der Waals surface area contributed by atoms with Crippen LogP contribution in [0.1, 0.15) is 17.5 Å². The Hall–Kier alpha value is -1.46. The van der Waals surface area contributed by atoms with Crippen molar-refractivity contribution in [2.45, 2.75) is 23.8 Å². The van der Waals surface area contributed by atoms with Gasteiger partial charge in [-0.15, -0.1) is 0 Å². The van der Waals surface area contributed by atoms with Crippen LogP contribution in [0, 0.1) is 0 Å². The highest BCUT2D eigenvalue weighted by molar-refractivity contribution is 7.90. The molecular weight excluding hydrogens is 258 g/mol. The molecule has 0 radical (unpaired) electrons. The Morgan fingerprint density at radius 1 is 1.47 bits per heavy atom. The first-order valence-corrected chi connectivity index (χ1v) is 7.77. The molecule has 2 heterocycles. The van der Waals surface area contributed by atoms with Gasteiger partial charge in [0.25, 0.3) is 0 Å². The fourth-order valence-corrected chi connectivity index (χ4v) is 3.69. The predicted octanol–water partition coefficient (Wildman–Crippen LogP) is 2.10. The predicted molar refractivity (Wildman–Crippen MR) is 76.7 cm³/mol. The van der Waals surface area contributed by atoms with Gasteiger partial charge < -0.3 is 14.4 Å². The van der Waals surface area contributed by atoms with Gasteiger partial charge in [0.2, 0.25) is 0 Å². The Balaban J connectivity index is 1.89. The number of fused-ring (bicyclic) bond motifs is 1. The van der Waals surface area contributed by atoms with Crippen molar-refractivity contribution in [1.82, 2.24) is 9.97 Å². The minimum atomic E-state index is -1.11. The molecule has 4 nitrogen and oxygen atoms in total. The summed E-state index contributed by atoms with van der Waals surface area (Å²) in [6.07, 6.45) is 5.65. The Bertz CT molecular complexity index is 556. The molecule has 100 valence electrons. The van der Waals surface area contributed by atoms with Crippen molar-refractivity contribution in [3.05, 3.63) is 41.7 Å². The van der Waals surface area contributed by atoms with Crippen LogP contribution in [0.2, 0.25) is 0 Å². The molecule has 1 atom stereocenters. The Kier molecular flexibility index (Phi) is 3.48. The van der Waals surface area contributed by atoms with Crippen molar-refractivity contribution < 1.29 is 4.55 Å². The average molecular weight is 275 g/mol. The second-order valence-corrected chi connectivity index (χ2v) is 6.20. The Morgan fingerprint density at radius 2 is 2.37 bits per heavy atom. The van der Waals surface area contributed by atoms with Crippen LogP contribution in [0.4, 0.5) is 5.69 Å². The fraction of sp³-hybridized carbons (Fsp3) is 0.357. The number of anilines is 1.